The van der Waals surface area contributed by atoms with Gasteiger partial charge in [0.05, 0.1) is 54.8 Å². The zero-order valence-corrected chi connectivity index (χ0v) is 30.6. The van der Waals surface area contributed by atoms with Crippen molar-refractivity contribution in [3.63, 3.8) is 0 Å². The van der Waals surface area contributed by atoms with E-state index in [1.807, 2.05) is 12.1 Å². The Bertz CT molecular complexity index is 2050. The van der Waals surface area contributed by atoms with E-state index in [0.29, 0.717) is 53.1 Å². The fourth-order valence-electron chi connectivity index (χ4n) is 5.39. The molecule has 0 unspecified atom stereocenters. The lowest BCUT2D eigenvalue weighted by Crippen LogP contribution is -2.47. The van der Waals surface area contributed by atoms with E-state index in [4.69, 9.17) is 42.3 Å². The number of hydrogen-bond acceptors (Lipinski definition) is 12. The van der Waals surface area contributed by atoms with Gasteiger partial charge in [0.2, 0.25) is 5.91 Å². The number of carbonyl (C=O) groups is 2. The summed E-state index contributed by atoms with van der Waals surface area (Å²) in [6, 6.07) is 9.51. The molecule has 0 fully saturated rings. The Morgan fingerprint density at radius 3 is 2.56 bits per heavy atom. The highest BCUT2D eigenvalue weighted by molar-refractivity contribution is 6.33. The van der Waals surface area contributed by atoms with Gasteiger partial charge in [-0.05, 0) is 45.4 Å². The molecule has 17 heteroatoms. The molecule has 3 aromatic heterocycles. The van der Waals surface area contributed by atoms with Gasteiger partial charge in [-0.2, -0.15) is 5.10 Å². The molecular weight excluding hydrogens is 724 g/mol. The quantitative estimate of drug-likeness (QED) is 0.0628. The lowest BCUT2D eigenvalue weighted by Gasteiger charge is -2.17. The van der Waals surface area contributed by atoms with Gasteiger partial charge in [-0.15, -0.1) is 0 Å². The first-order valence-electron chi connectivity index (χ1n) is 17.4. The van der Waals surface area contributed by atoms with Crippen molar-refractivity contribution in [2.24, 2.45) is 11.5 Å². The number of benzene rings is 2. The second kappa shape index (κ2) is 19.0. The summed E-state index contributed by atoms with van der Waals surface area (Å²) in [4.78, 5) is 38.1. The number of unbranched alkanes of at least 4 members (excludes halogenated alkanes) is 1. The van der Waals surface area contributed by atoms with Crippen LogP contribution in [0.5, 0.6) is 11.5 Å². The molecule has 6 N–H and O–H groups in total. The van der Waals surface area contributed by atoms with Gasteiger partial charge in [0.1, 0.15) is 29.1 Å². The van der Waals surface area contributed by atoms with Crippen molar-refractivity contribution in [1.82, 2.24) is 30.0 Å². The summed E-state index contributed by atoms with van der Waals surface area (Å²) in [5, 5.41) is 11.4. The summed E-state index contributed by atoms with van der Waals surface area (Å²) in [5.41, 5.74) is 12.7. The molecule has 0 spiro atoms. The number of fused-ring (bicyclic) bond motifs is 1. The number of aromatic nitrogens is 5. The molecule has 0 radical (unpaired) electrons. The highest BCUT2D eigenvalue weighted by Gasteiger charge is 2.22. The van der Waals surface area contributed by atoms with Crippen LogP contribution in [-0.4, -0.2) is 75.1 Å². The number of anilines is 2. The Morgan fingerprint density at radius 2 is 1.81 bits per heavy atom. The smallest absolute Gasteiger partial charge is 0.328 e. The number of pyridine rings is 1. The number of ether oxygens (including phenoxy) is 3. The predicted octanol–water partition coefficient (Wildman–Crippen LogP) is 5.28. The van der Waals surface area contributed by atoms with E-state index in [-0.39, 0.29) is 55.1 Å². The Morgan fingerprint density at radius 1 is 1.04 bits per heavy atom. The molecule has 3 heterocycles. The summed E-state index contributed by atoms with van der Waals surface area (Å²) in [6.07, 6.45) is 6.71. The van der Waals surface area contributed by atoms with Crippen LogP contribution >= 0.6 is 11.6 Å². The number of carbonyl (C=O) groups excluding carboxylic acids is 2. The summed E-state index contributed by atoms with van der Waals surface area (Å²) < 4.78 is 48.2. The fourth-order valence-corrected chi connectivity index (χ4v) is 5.55. The minimum absolute atomic E-state index is 0.0124. The van der Waals surface area contributed by atoms with E-state index in [1.54, 1.807) is 31.3 Å². The lowest BCUT2D eigenvalue weighted by molar-refractivity contribution is -0.147. The summed E-state index contributed by atoms with van der Waals surface area (Å²) in [7, 11) is 0. The van der Waals surface area contributed by atoms with Gasteiger partial charge in [-0.25, -0.2) is 23.5 Å². The van der Waals surface area contributed by atoms with E-state index in [2.05, 4.69) is 25.7 Å². The van der Waals surface area contributed by atoms with E-state index < -0.39 is 35.6 Å². The average molecular weight is 766 g/mol. The molecule has 14 nitrogen and oxygen atoms in total. The third kappa shape index (κ3) is 10.1. The Kier molecular flexibility index (Phi) is 14.0. The number of amides is 1. The van der Waals surface area contributed by atoms with E-state index >= 15 is 8.78 Å². The molecule has 5 rings (SSSR count). The van der Waals surface area contributed by atoms with E-state index in [9.17, 15) is 9.59 Å². The highest BCUT2D eigenvalue weighted by atomic mass is 35.5. The van der Waals surface area contributed by atoms with Gasteiger partial charge in [0.25, 0.3) is 0 Å². The predicted molar refractivity (Wildman–Crippen MR) is 199 cm³/mol. The molecular formula is C37H42ClF2N9O5. The summed E-state index contributed by atoms with van der Waals surface area (Å²) in [6.45, 7) is 3.95. The maximum atomic E-state index is 15.1. The van der Waals surface area contributed by atoms with Crippen LogP contribution in [0.2, 0.25) is 5.02 Å². The van der Waals surface area contributed by atoms with Crippen molar-refractivity contribution in [3.05, 3.63) is 83.3 Å². The molecule has 0 aliphatic carbocycles. The van der Waals surface area contributed by atoms with E-state index in [1.165, 1.54) is 24.0 Å². The number of nitrogens with one attached hydrogen (secondary N) is 2. The standard InChI is InChI=1S/C37H42ClF2N9O5/c1-3-52-23-17-27(39)25(28(40)18-23)21-49-31-11-5-4-9-24(31)33(48-49)35-44-20-32(34(47-35)46-30-12-14-43-19-26(30)38)53-15-8-16-54-37(51)22(2)45-36(50)29(42)10-6-7-13-41/h4-5,9,11-12,14,17-20,22,29H,3,6-8,10,13,15-16,21,41-42H2,1-2H3,(H,45,50)(H,43,44,46,47)/t22-,29-/m0/s1. The van der Waals surface area contributed by atoms with Gasteiger partial charge >= 0.3 is 5.97 Å². The molecule has 0 bridgehead atoms. The molecule has 2 atom stereocenters. The monoisotopic (exact) mass is 765 g/mol. The van der Waals surface area contributed by atoms with Crippen molar-refractivity contribution in [1.29, 1.82) is 0 Å². The van der Waals surface area contributed by atoms with Crippen LogP contribution in [0.3, 0.4) is 0 Å². The van der Waals surface area contributed by atoms with Crippen LogP contribution in [0, 0.1) is 11.6 Å². The second-order valence-electron chi connectivity index (χ2n) is 12.2. The van der Waals surface area contributed by atoms with Crippen LogP contribution < -0.4 is 31.6 Å². The van der Waals surface area contributed by atoms with Crippen LogP contribution in [0.25, 0.3) is 22.4 Å². The minimum atomic E-state index is -0.889. The van der Waals surface area contributed by atoms with Crippen molar-refractivity contribution in [3.8, 4) is 23.0 Å². The number of rotatable bonds is 19. The normalized spacial score (nSPS) is 12.3. The molecule has 0 aliphatic rings. The first-order chi connectivity index (χ1) is 26.1. The summed E-state index contributed by atoms with van der Waals surface area (Å²) in [5.74, 6) is -1.78. The second-order valence-corrected chi connectivity index (χ2v) is 12.6. The largest absolute Gasteiger partial charge is 0.494 e. The molecule has 0 saturated carbocycles. The number of nitrogens with zero attached hydrogens (tertiary/aromatic N) is 5. The first kappa shape index (κ1) is 39.8. The lowest BCUT2D eigenvalue weighted by atomic mass is 10.1. The zero-order chi connectivity index (χ0) is 38.6. The fraction of sp³-hybridized carbons (Fsp3) is 0.351. The maximum absolute atomic E-state index is 15.1. The molecule has 0 aliphatic heterocycles. The van der Waals surface area contributed by atoms with Crippen molar-refractivity contribution in [2.45, 2.75) is 58.2 Å². The number of halogens is 3. The van der Waals surface area contributed by atoms with Crippen LogP contribution in [0.15, 0.2) is 61.1 Å². The third-order valence-electron chi connectivity index (χ3n) is 8.19. The van der Waals surface area contributed by atoms with Gasteiger partial charge in [0, 0.05) is 41.9 Å². The van der Waals surface area contributed by atoms with Crippen LogP contribution in [0.1, 0.15) is 45.1 Å². The number of hydrogen-bond donors (Lipinski definition) is 4. The zero-order valence-electron chi connectivity index (χ0n) is 29.9. The molecule has 54 heavy (non-hydrogen) atoms. The van der Waals surface area contributed by atoms with Crippen molar-refractivity contribution >= 4 is 45.9 Å². The van der Waals surface area contributed by atoms with Gasteiger partial charge in [-0.1, -0.05) is 36.2 Å². The molecule has 2 aromatic carbocycles. The number of esters is 1. The molecule has 286 valence electrons. The molecule has 5 aromatic rings. The Hall–Kier alpha value is -5.45. The van der Waals surface area contributed by atoms with Crippen molar-refractivity contribution < 1.29 is 32.6 Å². The number of para-hydroxylation sites is 1. The number of nitrogens with two attached hydrogens (primary N) is 2. The van der Waals surface area contributed by atoms with Gasteiger partial charge in [0.15, 0.2) is 17.4 Å². The van der Waals surface area contributed by atoms with Gasteiger partial charge < -0.3 is 36.3 Å². The summed E-state index contributed by atoms with van der Waals surface area (Å²) >= 11 is 6.39. The SMILES string of the molecule is CCOc1cc(F)c(Cn2nc(-c3ncc(OCCCOC(=O)[C@H](C)NC(=O)[C@@H](N)CCCCN)c(Nc4ccncc4Cl)n3)c3ccccc32)c(F)c1. The van der Waals surface area contributed by atoms with Crippen molar-refractivity contribution in [2.75, 3.05) is 31.7 Å². The molecule has 1 amide bonds. The highest BCUT2D eigenvalue weighted by Crippen LogP contribution is 2.33. The average Bonchev–Trinajstić information content (AvgIpc) is 3.52. The first-order valence-corrected chi connectivity index (χ1v) is 17.8. The third-order valence-corrected chi connectivity index (χ3v) is 8.49. The van der Waals surface area contributed by atoms with Crippen LogP contribution in [-0.2, 0) is 20.9 Å². The Labute approximate surface area is 315 Å². The Balaban J connectivity index is 1.31. The maximum Gasteiger partial charge on any atom is 0.328 e. The van der Waals surface area contributed by atoms with Crippen LogP contribution in [0.4, 0.5) is 20.3 Å². The molecule has 0 saturated heterocycles. The topological polar surface area (TPSA) is 194 Å². The van der Waals surface area contributed by atoms with Gasteiger partial charge in [-0.3, -0.25) is 14.5 Å². The minimum Gasteiger partial charge on any atom is -0.494 e. The van der Waals surface area contributed by atoms with E-state index in [0.717, 1.165) is 18.6 Å².